The fraction of sp³-hybridized carbons (Fsp3) is 0.333. The van der Waals surface area contributed by atoms with E-state index in [1.165, 1.54) is 24.3 Å². The molecular formula is C12H17N7O5. The molecule has 0 radical (unpaired) electrons. The summed E-state index contributed by atoms with van der Waals surface area (Å²) in [5.74, 6) is -0.911. The molecular weight excluding hydrogens is 322 g/mol. The van der Waals surface area contributed by atoms with E-state index in [1.54, 1.807) is 5.43 Å². The molecule has 1 atom stereocenters. The van der Waals surface area contributed by atoms with Crippen molar-refractivity contribution in [2.45, 2.75) is 18.9 Å². The van der Waals surface area contributed by atoms with Gasteiger partial charge in [0.2, 0.25) is 5.91 Å². The summed E-state index contributed by atoms with van der Waals surface area (Å²) in [7, 11) is 0. The van der Waals surface area contributed by atoms with Crippen LogP contribution in [0.3, 0.4) is 0 Å². The largest absolute Gasteiger partial charge is 0.352 e. The van der Waals surface area contributed by atoms with Crippen LogP contribution in [-0.2, 0) is 4.79 Å². The van der Waals surface area contributed by atoms with Crippen LogP contribution in [-0.4, -0.2) is 34.4 Å². The van der Waals surface area contributed by atoms with Crippen LogP contribution in [0.4, 0.5) is 11.4 Å². The molecule has 1 amide bonds. The fourth-order valence-corrected chi connectivity index (χ4v) is 1.70. The first-order valence-electron chi connectivity index (χ1n) is 6.84. The third kappa shape index (κ3) is 6.65. The number of rotatable bonds is 8. The lowest BCUT2D eigenvalue weighted by molar-refractivity contribution is -0.525. The van der Waals surface area contributed by atoms with Crippen LogP contribution in [0.1, 0.15) is 12.8 Å². The van der Waals surface area contributed by atoms with Gasteiger partial charge < -0.3 is 16.4 Å². The normalized spacial score (nSPS) is 11.2. The number of hydrogen-bond donors (Lipinski definition) is 5. The molecule has 0 unspecified atom stereocenters. The van der Waals surface area contributed by atoms with Gasteiger partial charge in [-0.2, -0.15) is 0 Å². The Hall–Kier alpha value is -3.28. The van der Waals surface area contributed by atoms with Gasteiger partial charge in [0.25, 0.3) is 11.6 Å². The minimum atomic E-state index is -0.862. The van der Waals surface area contributed by atoms with E-state index in [4.69, 9.17) is 11.1 Å². The summed E-state index contributed by atoms with van der Waals surface area (Å²) in [5, 5.41) is 31.9. The molecule has 1 aromatic carbocycles. The number of nitrogens with zero attached hydrogens (tertiary/aromatic N) is 2. The average Bonchev–Trinajstić information content (AvgIpc) is 2.51. The number of hydrazine groups is 1. The fourth-order valence-electron chi connectivity index (χ4n) is 1.70. The number of nitro benzene ring substituents is 1. The van der Waals surface area contributed by atoms with Gasteiger partial charge in [-0.3, -0.25) is 20.3 Å². The van der Waals surface area contributed by atoms with Gasteiger partial charge >= 0.3 is 0 Å². The van der Waals surface area contributed by atoms with Crippen LogP contribution in [0.5, 0.6) is 0 Å². The zero-order chi connectivity index (χ0) is 18.1. The van der Waals surface area contributed by atoms with Crippen molar-refractivity contribution < 1.29 is 14.8 Å². The Bertz CT molecular complexity index is 619. The van der Waals surface area contributed by atoms with Gasteiger partial charge in [0.1, 0.15) is 0 Å². The second kappa shape index (κ2) is 8.99. The lowest BCUT2D eigenvalue weighted by Gasteiger charge is -2.12. The molecule has 1 aromatic rings. The van der Waals surface area contributed by atoms with Gasteiger partial charge in [-0.1, -0.05) is 5.43 Å². The molecule has 0 spiro atoms. The summed E-state index contributed by atoms with van der Waals surface area (Å²) in [6.45, 7) is 0.234. The van der Waals surface area contributed by atoms with Gasteiger partial charge in [-0.25, -0.2) is 10.1 Å². The number of non-ortho nitro benzene ring substituents is 1. The lowest BCUT2D eigenvalue weighted by Crippen LogP contribution is -2.41. The highest BCUT2D eigenvalue weighted by atomic mass is 16.7. The molecule has 0 aromatic heterocycles. The number of anilines is 1. The van der Waals surface area contributed by atoms with Crippen molar-refractivity contribution in [3.8, 4) is 0 Å². The second-order valence-corrected chi connectivity index (χ2v) is 4.71. The summed E-state index contributed by atoms with van der Waals surface area (Å²) in [4.78, 5) is 31.9. The van der Waals surface area contributed by atoms with Crippen molar-refractivity contribution in [2.75, 3.05) is 11.9 Å². The summed E-state index contributed by atoms with van der Waals surface area (Å²) < 4.78 is 0. The minimum Gasteiger partial charge on any atom is -0.352 e. The third-order valence-electron chi connectivity index (χ3n) is 2.88. The highest BCUT2D eigenvalue weighted by Crippen LogP contribution is 2.15. The Morgan fingerprint density at radius 2 is 1.88 bits per heavy atom. The van der Waals surface area contributed by atoms with Crippen LogP contribution in [0.25, 0.3) is 0 Å². The maximum atomic E-state index is 11.9. The average molecular weight is 339 g/mol. The Labute approximate surface area is 136 Å². The molecule has 130 valence electrons. The minimum absolute atomic E-state index is 0.0887. The quantitative estimate of drug-likeness (QED) is 0.143. The van der Waals surface area contributed by atoms with E-state index in [-0.39, 0.29) is 18.7 Å². The number of guanidine groups is 1. The zero-order valence-corrected chi connectivity index (χ0v) is 12.5. The van der Waals surface area contributed by atoms with Crippen LogP contribution < -0.4 is 21.8 Å². The summed E-state index contributed by atoms with van der Waals surface area (Å²) in [6, 6.07) is 4.50. The number of amides is 1. The Morgan fingerprint density at radius 1 is 1.25 bits per heavy atom. The van der Waals surface area contributed by atoms with E-state index in [9.17, 15) is 25.0 Å². The van der Waals surface area contributed by atoms with Crippen molar-refractivity contribution in [1.82, 2.24) is 10.7 Å². The molecule has 0 heterocycles. The highest BCUT2D eigenvalue weighted by Gasteiger charge is 2.14. The van der Waals surface area contributed by atoms with Gasteiger partial charge in [-0.05, 0) is 25.0 Å². The number of nitrogens with one attached hydrogen (secondary N) is 4. The number of nitro groups is 2. The summed E-state index contributed by atoms with van der Waals surface area (Å²) in [5.41, 5.74) is 7.65. The Balaban J connectivity index is 2.33. The van der Waals surface area contributed by atoms with Crippen molar-refractivity contribution in [2.24, 2.45) is 5.73 Å². The van der Waals surface area contributed by atoms with Gasteiger partial charge in [-0.15, -0.1) is 0 Å². The first-order valence-corrected chi connectivity index (χ1v) is 6.84. The molecule has 0 aliphatic heterocycles. The molecule has 12 heteroatoms. The molecule has 0 saturated heterocycles. The smallest absolute Gasteiger partial charge is 0.269 e. The van der Waals surface area contributed by atoms with E-state index in [0.29, 0.717) is 12.1 Å². The first-order chi connectivity index (χ1) is 11.3. The standard InChI is InChI=1S/C12H17N7O5/c13-10(2-1-7-15-12(14)17-19(23)24)11(20)16-8-3-5-9(6-4-8)18(21)22/h3-6,10H,1-2,7,13H2,(H,16,20)(H3,14,15,17)/t10-/m0/s1. The first kappa shape index (κ1) is 18.8. The predicted molar refractivity (Wildman–Crippen MR) is 84.8 cm³/mol. The lowest BCUT2D eigenvalue weighted by atomic mass is 10.1. The highest BCUT2D eigenvalue weighted by molar-refractivity contribution is 5.94. The van der Waals surface area contributed by atoms with Crippen molar-refractivity contribution in [1.29, 1.82) is 5.41 Å². The van der Waals surface area contributed by atoms with Crippen molar-refractivity contribution >= 4 is 23.2 Å². The van der Waals surface area contributed by atoms with Gasteiger partial charge in [0.05, 0.1) is 11.0 Å². The summed E-state index contributed by atoms with van der Waals surface area (Å²) in [6.07, 6.45) is 0.703. The number of hydrogen-bond acceptors (Lipinski definition) is 7. The van der Waals surface area contributed by atoms with Crippen molar-refractivity contribution in [3.63, 3.8) is 0 Å². The monoisotopic (exact) mass is 339 g/mol. The van der Waals surface area contributed by atoms with Crippen LogP contribution >= 0.6 is 0 Å². The number of carbonyl (C=O) groups excluding carboxylic acids is 1. The molecule has 0 aliphatic rings. The molecule has 0 saturated carbocycles. The maximum absolute atomic E-state index is 11.9. The van der Waals surface area contributed by atoms with E-state index >= 15 is 0 Å². The van der Waals surface area contributed by atoms with E-state index in [2.05, 4.69) is 10.6 Å². The third-order valence-corrected chi connectivity index (χ3v) is 2.88. The molecule has 0 aliphatic carbocycles. The molecule has 6 N–H and O–H groups in total. The van der Waals surface area contributed by atoms with Crippen LogP contribution in [0, 0.1) is 25.6 Å². The van der Waals surface area contributed by atoms with E-state index in [1.807, 2.05) is 0 Å². The molecule has 0 fully saturated rings. The van der Waals surface area contributed by atoms with E-state index < -0.39 is 27.9 Å². The molecule has 1 rings (SSSR count). The SMILES string of the molecule is N=C(NCCC[C@H](N)C(=O)Nc1ccc([N+](=O)[O-])cc1)N[N+](=O)[O-]. The molecule has 0 bridgehead atoms. The summed E-state index contributed by atoms with van der Waals surface area (Å²) >= 11 is 0. The zero-order valence-electron chi connectivity index (χ0n) is 12.5. The predicted octanol–water partition coefficient (Wildman–Crippen LogP) is -0.0535. The number of carbonyl (C=O) groups is 1. The molecule has 24 heavy (non-hydrogen) atoms. The van der Waals surface area contributed by atoms with Gasteiger partial charge in [0.15, 0.2) is 5.03 Å². The Kier molecular flexibility index (Phi) is 7.03. The van der Waals surface area contributed by atoms with E-state index in [0.717, 1.165) is 0 Å². The van der Waals surface area contributed by atoms with Crippen LogP contribution in [0.15, 0.2) is 24.3 Å². The van der Waals surface area contributed by atoms with Crippen molar-refractivity contribution in [3.05, 3.63) is 44.5 Å². The Morgan fingerprint density at radius 3 is 2.42 bits per heavy atom. The second-order valence-electron chi connectivity index (χ2n) is 4.71. The molecule has 12 nitrogen and oxygen atoms in total. The maximum Gasteiger partial charge on any atom is 0.269 e. The number of benzene rings is 1. The van der Waals surface area contributed by atoms with Gasteiger partial charge in [0, 0.05) is 24.4 Å². The topological polar surface area (TPSA) is 189 Å². The number of nitrogens with two attached hydrogens (primary N) is 1. The van der Waals surface area contributed by atoms with Crippen LogP contribution in [0.2, 0.25) is 0 Å².